The quantitative estimate of drug-likeness (QED) is 0.782. The molecule has 0 aliphatic rings. The van der Waals surface area contributed by atoms with Crippen LogP contribution in [0.5, 0.6) is 5.75 Å². The number of benzene rings is 1. The van der Waals surface area contributed by atoms with Gasteiger partial charge in [0.15, 0.2) is 0 Å². The van der Waals surface area contributed by atoms with Gasteiger partial charge in [-0.25, -0.2) is 0 Å². The molecule has 136 valence electrons. The number of halogens is 1. The van der Waals surface area contributed by atoms with Gasteiger partial charge in [-0.2, -0.15) is 0 Å². The molecule has 7 nitrogen and oxygen atoms in total. The zero-order valence-corrected chi connectivity index (χ0v) is 15.0. The molecule has 0 bridgehead atoms. The van der Waals surface area contributed by atoms with E-state index in [1.807, 2.05) is 0 Å². The number of carbonyl (C=O) groups excluding carboxylic acids is 2. The Morgan fingerprint density at radius 3 is 2.68 bits per heavy atom. The summed E-state index contributed by atoms with van der Waals surface area (Å²) in [5.74, 6) is 0.599. The molecule has 0 fully saturated rings. The van der Waals surface area contributed by atoms with Crippen LogP contribution in [0, 0.1) is 0 Å². The number of ether oxygens (including phenoxy) is 1. The first-order valence-corrected chi connectivity index (χ1v) is 7.58. The van der Waals surface area contributed by atoms with Crippen LogP contribution in [0.4, 0.5) is 5.69 Å². The maximum Gasteiger partial charge on any atom is 0.257 e. The first kappa shape index (κ1) is 20.5. The van der Waals surface area contributed by atoms with Gasteiger partial charge in [-0.1, -0.05) is 6.07 Å². The highest BCUT2D eigenvalue weighted by molar-refractivity contribution is 5.99. The first-order chi connectivity index (χ1) is 11.6. The van der Waals surface area contributed by atoms with Crippen molar-refractivity contribution < 1.29 is 18.7 Å². The number of nitrogens with zero attached hydrogens (tertiary/aromatic N) is 1. The van der Waals surface area contributed by atoms with Crippen molar-refractivity contribution in [3.8, 4) is 5.75 Å². The molecule has 0 saturated heterocycles. The summed E-state index contributed by atoms with van der Waals surface area (Å²) in [5.41, 5.74) is 6.46. The third kappa shape index (κ3) is 5.51. The van der Waals surface area contributed by atoms with Gasteiger partial charge in [0.05, 0.1) is 19.2 Å². The van der Waals surface area contributed by atoms with Gasteiger partial charge in [-0.05, 0) is 25.1 Å². The Labute approximate surface area is 152 Å². The third-order valence-corrected chi connectivity index (χ3v) is 3.46. The maximum absolute atomic E-state index is 12.4. The molecule has 0 aliphatic heterocycles. The predicted octanol–water partition coefficient (Wildman–Crippen LogP) is 2.27. The van der Waals surface area contributed by atoms with Crippen LogP contribution in [0.25, 0.3) is 0 Å². The molecular formula is C17H22ClN3O4. The number of anilines is 1. The molecule has 3 N–H and O–H groups in total. The minimum absolute atomic E-state index is 0. The lowest BCUT2D eigenvalue weighted by Gasteiger charge is -2.19. The van der Waals surface area contributed by atoms with Crippen molar-refractivity contribution in [2.45, 2.75) is 13.5 Å². The van der Waals surface area contributed by atoms with Crippen LogP contribution in [-0.4, -0.2) is 36.9 Å². The number of nitrogens with one attached hydrogen (secondary N) is 1. The first-order valence-electron chi connectivity index (χ1n) is 7.58. The normalized spacial score (nSPS) is 9.88. The molecule has 8 heteroatoms. The van der Waals surface area contributed by atoms with Crippen molar-refractivity contribution in [3.05, 3.63) is 47.9 Å². The molecular weight excluding hydrogens is 346 g/mol. The molecule has 0 saturated carbocycles. The molecule has 0 atom stereocenters. The molecule has 1 heterocycles. The van der Waals surface area contributed by atoms with Crippen molar-refractivity contribution in [1.82, 2.24) is 4.90 Å². The van der Waals surface area contributed by atoms with Crippen LogP contribution in [0.1, 0.15) is 23.0 Å². The van der Waals surface area contributed by atoms with E-state index >= 15 is 0 Å². The number of hydrogen-bond acceptors (Lipinski definition) is 5. The monoisotopic (exact) mass is 367 g/mol. The molecule has 2 rings (SSSR count). The molecule has 2 amide bonds. The van der Waals surface area contributed by atoms with Crippen LogP contribution in [0.2, 0.25) is 0 Å². The lowest BCUT2D eigenvalue weighted by molar-refractivity contribution is -0.116. The molecule has 1 aromatic carbocycles. The Bertz CT molecular complexity index is 717. The van der Waals surface area contributed by atoms with E-state index in [0.29, 0.717) is 29.3 Å². The number of amides is 2. The second kappa shape index (κ2) is 9.71. The molecule has 25 heavy (non-hydrogen) atoms. The lowest BCUT2D eigenvalue weighted by atomic mass is 10.2. The van der Waals surface area contributed by atoms with Gasteiger partial charge in [-0.15, -0.1) is 12.4 Å². The summed E-state index contributed by atoms with van der Waals surface area (Å²) >= 11 is 0. The Balaban J connectivity index is 0.00000312. The SMILES string of the molecule is CCN(CC(=O)Nc1cccc(OC)c1)C(=O)c1coc(CN)c1.Cl. The fraction of sp³-hybridized carbons (Fsp3) is 0.294. The van der Waals surface area contributed by atoms with Crippen LogP contribution in [-0.2, 0) is 11.3 Å². The van der Waals surface area contributed by atoms with E-state index in [1.54, 1.807) is 44.4 Å². The van der Waals surface area contributed by atoms with Gasteiger partial charge in [-0.3, -0.25) is 9.59 Å². The third-order valence-electron chi connectivity index (χ3n) is 3.46. The Morgan fingerprint density at radius 1 is 1.32 bits per heavy atom. The van der Waals surface area contributed by atoms with E-state index < -0.39 is 0 Å². The Morgan fingerprint density at radius 2 is 2.08 bits per heavy atom. The Hall–Kier alpha value is -2.51. The second-order valence-electron chi connectivity index (χ2n) is 5.11. The van der Waals surface area contributed by atoms with Crippen LogP contribution in [0.15, 0.2) is 41.0 Å². The van der Waals surface area contributed by atoms with Crippen LogP contribution < -0.4 is 15.8 Å². The maximum atomic E-state index is 12.4. The summed E-state index contributed by atoms with van der Waals surface area (Å²) in [6.45, 7) is 2.36. The summed E-state index contributed by atoms with van der Waals surface area (Å²) in [4.78, 5) is 26.0. The van der Waals surface area contributed by atoms with E-state index in [-0.39, 0.29) is 37.3 Å². The summed E-state index contributed by atoms with van der Waals surface area (Å²) in [5, 5.41) is 2.75. The highest BCUT2D eigenvalue weighted by Crippen LogP contribution is 2.17. The van der Waals surface area contributed by atoms with Crippen molar-refractivity contribution in [3.63, 3.8) is 0 Å². The summed E-state index contributed by atoms with van der Waals surface area (Å²) in [6, 6.07) is 8.61. The summed E-state index contributed by atoms with van der Waals surface area (Å²) in [7, 11) is 1.55. The molecule has 2 aromatic rings. The number of methoxy groups -OCH3 is 1. The van der Waals surface area contributed by atoms with Gasteiger partial charge in [0.2, 0.25) is 5.91 Å². The number of carbonyl (C=O) groups is 2. The highest BCUT2D eigenvalue weighted by atomic mass is 35.5. The number of nitrogens with two attached hydrogens (primary N) is 1. The number of furan rings is 1. The molecule has 0 aliphatic carbocycles. The smallest absolute Gasteiger partial charge is 0.257 e. The average Bonchev–Trinajstić information content (AvgIpc) is 3.08. The van der Waals surface area contributed by atoms with Crippen molar-refractivity contribution >= 4 is 29.9 Å². The largest absolute Gasteiger partial charge is 0.497 e. The van der Waals surface area contributed by atoms with E-state index in [1.165, 1.54) is 11.2 Å². The topological polar surface area (TPSA) is 97.8 Å². The molecule has 1 aromatic heterocycles. The van der Waals surface area contributed by atoms with Gasteiger partial charge in [0.1, 0.15) is 24.3 Å². The van der Waals surface area contributed by atoms with Gasteiger partial charge in [0, 0.05) is 18.3 Å². The van der Waals surface area contributed by atoms with Crippen LogP contribution >= 0.6 is 12.4 Å². The minimum atomic E-state index is -0.291. The van der Waals surface area contributed by atoms with E-state index in [9.17, 15) is 9.59 Å². The highest BCUT2D eigenvalue weighted by Gasteiger charge is 2.19. The minimum Gasteiger partial charge on any atom is -0.497 e. The summed E-state index contributed by atoms with van der Waals surface area (Å²) in [6.07, 6.45) is 1.35. The number of likely N-dealkylation sites (N-methyl/N-ethyl adjacent to an activating group) is 1. The average molecular weight is 368 g/mol. The molecule has 0 spiro atoms. The van der Waals surface area contributed by atoms with E-state index in [0.717, 1.165) is 0 Å². The van der Waals surface area contributed by atoms with Gasteiger partial charge < -0.3 is 25.1 Å². The van der Waals surface area contributed by atoms with Crippen molar-refractivity contribution in [1.29, 1.82) is 0 Å². The zero-order valence-electron chi connectivity index (χ0n) is 14.2. The van der Waals surface area contributed by atoms with E-state index in [2.05, 4.69) is 5.32 Å². The molecule has 0 radical (unpaired) electrons. The Kier molecular flexibility index (Phi) is 7.97. The van der Waals surface area contributed by atoms with Crippen molar-refractivity contribution in [2.75, 3.05) is 25.5 Å². The number of rotatable bonds is 7. The second-order valence-corrected chi connectivity index (χ2v) is 5.11. The van der Waals surface area contributed by atoms with Crippen LogP contribution in [0.3, 0.4) is 0 Å². The fourth-order valence-corrected chi connectivity index (χ4v) is 2.18. The van der Waals surface area contributed by atoms with E-state index in [4.69, 9.17) is 14.9 Å². The number of hydrogen-bond donors (Lipinski definition) is 2. The lowest BCUT2D eigenvalue weighted by Crippen LogP contribution is -2.37. The molecule has 0 unspecified atom stereocenters. The van der Waals surface area contributed by atoms with Gasteiger partial charge in [0.25, 0.3) is 5.91 Å². The fourth-order valence-electron chi connectivity index (χ4n) is 2.18. The standard InChI is InChI=1S/C17H21N3O4.ClH/c1-3-20(17(22)12-7-15(9-18)24-11-12)10-16(21)19-13-5-4-6-14(8-13)23-2;/h4-8,11H,3,9-10,18H2,1-2H3,(H,19,21);1H. The van der Waals surface area contributed by atoms with Crippen molar-refractivity contribution in [2.24, 2.45) is 5.73 Å². The predicted molar refractivity (Wildman–Crippen MR) is 97.0 cm³/mol. The summed E-state index contributed by atoms with van der Waals surface area (Å²) < 4.78 is 10.3. The van der Waals surface area contributed by atoms with Gasteiger partial charge >= 0.3 is 0 Å². The zero-order chi connectivity index (χ0) is 17.5.